The second-order valence-corrected chi connectivity index (χ2v) is 5.66. The molecule has 3 rings (SSSR count). The van der Waals surface area contributed by atoms with Gasteiger partial charge in [0.2, 0.25) is 5.91 Å². The van der Waals surface area contributed by atoms with Gasteiger partial charge in [-0.25, -0.2) is 0 Å². The first-order valence-electron chi connectivity index (χ1n) is 7.41. The number of carbonyl (C=O) groups is 1. The van der Waals surface area contributed by atoms with E-state index in [2.05, 4.69) is 24.4 Å². The van der Waals surface area contributed by atoms with E-state index in [4.69, 9.17) is 9.47 Å². The zero-order valence-corrected chi connectivity index (χ0v) is 11.9. The molecule has 1 aliphatic heterocycles. The summed E-state index contributed by atoms with van der Waals surface area (Å²) in [4.78, 5) is 11.6. The molecule has 1 N–H and O–H groups in total. The predicted molar refractivity (Wildman–Crippen MR) is 76.2 cm³/mol. The van der Waals surface area contributed by atoms with Crippen LogP contribution in [0.2, 0.25) is 0 Å². The Morgan fingerprint density at radius 3 is 2.80 bits per heavy atom. The van der Waals surface area contributed by atoms with E-state index < -0.39 is 0 Å². The van der Waals surface area contributed by atoms with Gasteiger partial charge >= 0.3 is 0 Å². The summed E-state index contributed by atoms with van der Waals surface area (Å²) in [6, 6.07) is 6.12. The first-order valence-corrected chi connectivity index (χ1v) is 7.41. The van der Waals surface area contributed by atoms with Crippen LogP contribution in [0.4, 0.5) is 0 Å². The Labute approximate surface area is 119 Å². The number of ether oxygens (including phenoxy) is 2. The molecule has 20 heavy (non-hydrogen) atoms. The summed E-state index contributed by atoms with van der Waals surface area (Å²) in [6.07, 6.45) is 3.06. The summed E-state index contributed by atoms with van der Waals surface area (Å²) in [5.41, 5.74) is 1.23. The smallest absolute Gasteiger partial charge is 0.223 e. The van der Waals surface area contributed by atoms with Gasteiger partial charge in [-0.15, -0.1) is 0 Å². The summed E-state index contributed by atoms with van der Waals surface area (Å²) < 4.78 is 11.1. The summed E-state index contributed by atoms with van der Waals surface area (Å²) in [5.74, 6) is 2.57. The van der Waals surface area contributed by atoms with E-state index in [-0.39, 0.29) is 5.91 Å². The van der Waals surface area contributed by atoms with Crippen molar-refractivity contribution in [2.75, 3.05) is 19.8 Å². The van der Waals surface area contributed by atoms with Gasteiger partial charge in [0, 0.05) is 12.5 Å². The monoisotopic (exact) mass is 275 g/mol. The van der Waals surface area contributed by atoms with Gasteiger partial charge < -0.3 is 14.8 Å². The van der Waals surface area contributed by atoms with Crippen LogP contribution in [0.25, 0.3) is 0 Å². The van der Waals surface area contributed by atoms with Crippen molar-refractivity contribution in [1.82, 2.24) is 5.32 Å². The van der Waals surface area contributed by atoms with Crippen LogP contribution in [-0.4, -0.2) is 25.7 Å². The predicted octanol–water partition coefficient (Wildman–Crippen LogP) is 2.48. The van der Waals surface area contributed by atoms with E-state index in [1.807, 2.05) is 6.07 Å². The molecular weight excluding hydrogens is 254 g/mol. The van der Waals surface area contributed by atoms with E-state index in [0.29, 0.717) is 25.0 Å². The number of hydrogen-bond donors (Lipinski definition) is 1. The van der Waals surface area contributed by atoms with Crippen molar-refractivity contribution in [3.05, 3.63) is 23.8 Å². The second-order valence-electron chi connectivity index (χ2n) is 5.66. The van der Waals surface area contributed by atoms with Crippen LogP contribution in [0, 0.1) is 5.92 Å². The highest BCUT2D eigenvalue weighted by atomic mass is 16.6. The molecule has 4 heteroatoms. The van der Waals surface area contributed by atoms with Gasteiger partial charge in [0.1, 0.15) is 13.2 Å². The summed E-state index contributed by atoms with van der Waals surface area (Å²) in [7, 11) is 0. The Bertz CT molecular complexity index is 496. The molecule has 1 aliphatic carbocycles. The Balaban J connectivity index is 1.53. The van der Waals surface area contributed by atoms with E-state index in [9.17, 15) is 4.79 Å². The molecule has 1 saturated carbocycles. The number of nitrogens with one attached hydrogen (secondary N) is 1. The molecule has 0 bridgehead atoms. The number of amides is 1. The highest BCUT2D eigenvalue weighted by molar-refractivity contribution is 5.80. The van der Waals surface area contributed by atoms with Crippen molar-refractivity contribution in [3.8, 4) is 11.5 Å². The largest absolute Gasteiger partial charge is 0.486 e. The summed E-state index contributed by atoms with van der Waals surface area (Å²) >= 11 is 0. The topological polar surface area (TPSA) is 47.6 Å². The maximum absolute atomic E-state index is 11.6. The molecule has 1 fully saturated rings. The lowest BCUT2D eigenvalue weighted by Gasteiger charge is -2.20. The molecule has 1 heterocycles. The molecule has 0 spiro atoms. The standard InChI is InChI=1S/C16H21NO3/c1-11(6-7-17-16(18)12-2-3-12)13-4-5-14-15(10-13)20-9-8-19-14/h4-5,10-12H,2-3,6-9H2,1H3,(H,17,18). The Morgan fingerprint density at radius 2 is 2.05 bits per heavy atom. The van der Waals surface area contributed by atoms with Gasteiger partial charge in [0.05, 0.1) is 0 Å². The van der Waals surface area contributed by atoms with Crippen LogP contribution < -0.4 is 14.8 Å². The van der Waals surface area contributed by atoms with E-state index in [0.717, 1.165) is 37.3 Å². The van der Waals surface area contributed by atoms with Crippen LogP contribution in [0.5, 0.6) is 11.5 Å². The van der Waals surface area contributed by atoms with Gasteiger partial charge in [0.15, 0.2) is 11.5 Å². The number of benzene rings is 1. The Hall–Kier alpha value is -1.71. The van der Waals surface area contributed by atoms with E-state index in [1.165, 1.54) is 5.56 Å². The van der Waals surface area contributed by atoms with Crippen LogP contribution in [-0.2, 0) is 4.79 Å². The highest BCUT2D eigenvalue weighted by Gasteiger charge is 2.29. The van der Waals surface area contributed by atoms with Crippen LogP contribution in [0.15, 0.2) is 18.2 Å². The van der Waals surface area contributed by atoms with Crippen molar-refractivity contribution in [2.24, 2.45) is 5.92 Å². The SMILES string of the molecule is CC(CCNC(=O)C1CC1)c1ccc2c(c1)OCCO2. The van der Waals surface area contributed by atoms with Crippen LogP contribution in [0.1, 0.15) is 37.7 Å². The number of fused-ring (bicyclic) bond motifs is 1. The van der Waals surface area contributed by atoms with Gasteiger partial charge in [-0.2, -0.15) is 0 Å². The Morgan fingerprint density at radius 1 is 1.30 bits per heavy atom. The fourth-order valence-electron chi connectivity index (χ4n) is 2.43. The van der Waals surface area contributed by atoms with Crippen molar-refractivity contribution in [1.29, 1.82) is 0 Å². The molecule has 1 unspecified atom stereocenters. The zero-order valence-electron chi connectivity index (χ0n) is 11.9. The maximum Gasteiger partial charge on any atom is 0.223 e. The van der Waals surface area contributed by atoms with Gasteiger partial charge in [-0.3, -0.25) is 4.79 Å². The fourth-order valence-corrected chi connectivity index (χ4v) is 2.43. The molecule has 0 radical (unpaired) electrons. The molecule has 1 amide bonds. The summed E-state index contributed by atoms with van der Waals surface area (Å²) in [5, 5.41) is 3.01. The third-order valence-corrected chi connectivity index (χ3v) is 3.96. The molecule has 2 aliphatic rings. The minimum Gasteiger partial charge on any atom is -0.486 e. The normalized spacial score (nSPS) is 18.4. The lowest BCUT2D eigenvalue weighted by Crippen LogP contribution is -2.26. The molecule has 0 aromatic heterocycles. The first kappa shape index (κ1) is 13.3. The molecule has 1 atom stereocenters. The number of hydrogen-bond acceptors (Lipinski definition) is 3. The third kappa shape index (κ3) is 3.06. The van der Waals surface area contributed by atoms with Crippen LogP contribution in [0.3, 0.4) is 0 Å². The second kappa shape index (κ2) is 5.73. The lowest BCUT2D eigenvalue weighted by atomic mass is 9.97. The summed E-state index contributed by atoms with van der Waals surface area (Å²) in [6.45, 7) is 4.15. The molecule has 1 aromatic carbocycles. The van der Waals surface area contributed by atoms with Crippen molar-refractivity contribution in [3.63, 3.8) is 0 Å². The highest BCUT2D eigenvalue weighted by Crippen LogP contribution is 2.34. The average molecular weight is 275 g/mol. The Kier molecular flexibility index (Phi) is 3.81. The van der Waals surface area contributed by atoms with Crippen molar-refractivity contribution in [2.45, 2.75) is 32.1 Å². The molecule has 1 aromatic rings. The average Bonchev–Trinajstić information content (AvgIpc) is 3.31. The minimum absolute atomic E-state index is 0.222. The first-order chi connectivity index (χ1) is 9.74. The van der Waals surface area contributed by atoms with Crippen LogP contribution >= 0.6 is 0 Å². The third-order valence-electron chi connectivity index (χ3n) is 3.96. The van der Waals surface area contributed by atoms with Gasteiger partial charge in [-0.1, -0.05) is 13.0 Å². The molecule has 108 valence electrons. The van der Waals surface area contributed by atoms with E-state index in [1.54, 1.807) is 0 Å². The maximum atomic E-state index is 11.6. The van der Waals surface area contributed by atoms with Crippen molar-refractivity contribution >= 4 is 5.91 Å². The molecule has 4 nitrogen and oxygen atoms in total. The van der Waals surface area contributed by atoms with E-state index >= 15 is 0 Å². The minimum atomic E-state index is 0.222. The molecule has 0 saturated heterocycles. The number of carbonyl (C=O) groups excluding carboxylic acids is 1. The molecular formula is C16H21NO3. The zero-order chi connectivity index (χ0) is 13.9. The number of rotatable bonds is 5. The lowest BCUT2D eigenvalue weighted by molar-refractivity contribution is -0.122. The van der Waals surface area contributed by atoms with Gasteiger partial charge in [-0.05, 0) is 42.9 Å². The van der Waals surface area contributed by atoms with Crippen molar-refractivity contribution < 1.29 is 14.3 Å². The van der Waals surface area contributed by atoms with Gasteiger partial charge in [0.25, 0.3) is 0 Å². The quantitative estimate of drug-likeness (QED) is 0.898. The fraction of sp³-hybridized carbons (Fsp3) is 0.562.